The lowest BCUT2D eigenvalue weighted by molar-refractivity contribution is -0.385. The second-order valence-corrected chi connectivity index (χ2v) is 5.69. The van der Waals surface area contributed by atoms with E-state index in [1.54, 1.807) is 24.8 Å². The predicted octanol–water partition coefficient (Wildman–Crippen LogP) is 2.06. The topological polar surface area (TPSA) is 113 Å². The number of rotatable bonds is 5. The van der Waals surface area contributed by atoms with Gasteiger partial charge in [0.15, 0.2) is 0 Å². The zero-order valence-electron chi connectivity index (χ0n) is 13.4. The molecule has 0 saturated carbocycles. The number of nitrogens with one attached hydrogen (secondary N) is 1. The molecule has 1 heterocycles. The maximum Gasteiger partial charge on any atom is 0.307 e. The van der Waals surface area contributed by atoms with Crippen molar-refractivity contribution in [2.75, 3.05) is 18.4 Å². The minimum atomic E-state index is -0.852. The van der Waals surface area contributed by atoms with Crippen molar-refractivity contribution in [1.82, 2.24) is 4.90 Å². The van der Waals surface area contributed by atoms with Crippen LogP contribution in [0.15, 0.2) is 18.2 Å². The maximum absolute atomic E-state index is 12.3. The van der Waals surface area contributed by atoms with Crippen molar-refractivity contribution in [3.63, 3.8) is 0 Å². The van der Waals surface area contributed by atoms with E-state index in [4.69, 9.17) is 5.11 Å². The van der Waals surface area contributed by atoms with E-state index in [9.17, 15) is 19.7 Å². The van der Waals surface area contributed by atoms with Crippen LogP contribution in [0.2, 0.25) is 0 Å². The Morgan fingerprint density at radius 3 is 2.67 bits per heavy atom. The standard InChI is InChI=1S/C15H19N3O5.ClH/c1-9-12(4-3-5-13(9)18(22)23)16-14(19)10(2)17-7-6-11(8-17)15(20)21;/h3-5,10-11H,6-8H2,1-2H3,(H,16,19)(H,20,21);1H. The number of nitro benzene ring substituents is 1. The average Bonchev–Trinajstić information content (AvgIpc) is 2.98. The summed E-state index contributed by atoms with van der Waals surface area (Å²) >= 11 is 0. The zero-order valence-corrected chi connectivity index (χ0v) is 14.2. The van der Waals surface area contributed by atoms with Crippen LogP contribution in [0.1, 0.15) is 18.9 Å². The molecule has 2 N–H and O–H groups in total. The SMILES string of the molecule is Cc1c(NC(=O)C(C)N2CCC(C(=O)O)C2)cccc1[N+](=O)[O-].Cl. The zero-order chi connectivity index (χ0) is 17.1. The Kier molecular flexibility index (Phi) is 6.68. The van der Waals surface area contributed by atoms with Gasteiger partial charge in [0.2, 0.25) is 5.91 Å². The smallest absolute Gasteiger partial charge is 0.307 e. The van der Waals surface area contributed by atoms with E-state index in [0.29, 0.717) is 30.8 Å². The number of nitro groups is 1. The van der Waals surface area contributed by atoms with E-state index in [-0.39, 0.29) is 24.0 Å². The first-order valence-electron chi connectivity index (χ1n) is 7.33. The highest BCUT2D eigenvalue weighted by Gasteiger charge is 2.33. The number of nitrogens with zero attached hydrogens (tertiary/aromatic N) is 2. The monoisotopic (exact) mass is 357 g/mol. The molecule has 1 saturated heterocycles. The molecule has 8 nitrogen and oxygen atoms in total. The molecule has 1 fully saturated rings. The first-order valence-corrected chi connectivity index (χ1v) is 7.33. The number of carboxylic acids is 1. The van der Waals surface area contributed by atoms with Gasteiger partial charge in [0.05, 0.1) is 28.1 Å². The Balaban J connectivity index is 0.00000288. The van der Waals surface area contributed by atoms with Crippen molar-refractivity contribution >= 4 is 35.7 Å². The van der Waals surface area contributed by atoms with E-state index in [1.165, 1.54) is 12.1 Å². The number of carboxylic acid groups (broad SMARTS) is 1. The van der Waals surface area contributed by atoms with Crippen LogP contribution in [-0.4, -0.2) is 45.9 Å². The molecule has 0 radical (unpaired) electrons. The molecular formula is C15H20ClN3O5. The summed E-state index contributed by atoms with van der Waals surface area (Å²) in [6.45, 7) is 4.15. The molecular weight excluding hydrogens is 338 g/mol. The van der Waals surface area contributed by atoms with Gasteiger partial charge < -0.3 is 10.4 Å². The van der Waals surface area contributed by atoms with Crippen molar-refractivity contribution in [3.8, 4) is 0 Å². The lowest BCUT2D eigenvalue weighted by Crippen LogP contribution is -2.41. The summed E-state index contributed by atoms with van der Waals surface area (Å²) in [5, 5.41) is 22.6. The van der Waals surface area contributed by atoms with Gasteiger partial charge in [-0.1, -0.05) is 6.07 Å². The molecule has 2 rings (SSSR count). The van der Waals surface area contributed by atoms with Crippen molar-refractivity contribution in [1.29, 1.82) is 0 Å². The molecule has 2 unspecified atom stereocenters. The minimum absolute atomic E-state index is 0. The van der Waals surface area contributed by atoms with Gasteiger partial charge in [-0.25, -0.2) is 0 Å². The van der Waals surface area contributed by atoms with Gasteiger partial charge in [-0.3, -0.25) is 24.6 Å². The summed E-state index contributed by atoms with van der Waals surface area (Å²) in [5.41, 5.74) is 0.732. The summed E-state index contributed by atoms with van der Waals surface area (Å²) in [4.78, 5) is 35.6. The van der Waals surface area contributed by atoms with Gasteiger partial charge in [0.25, 0.3) is 5.69 Å². The van der Waals surface area contributed by atoms with E-state index >= 15 is 0 Å². The number of hydrogen-bond donors (Lipinski definition) is 2. The van der Waals surface area contributed by atoms with Crippen LogP contribution in [0, 0.1) is 23.0 Å². The van der Waals surface area contributed by atoms with Crippen LogP contribution in [0.4, 0.5) is 11.4 Å². The summed E-state index contributed by atoms with van der Waals surface area (Å²) in [6.07, 6.45) is 0.517. The molecule has 1 amide bonds. The summed E-state index contributed by atoms with van der Waals surface area (Å²) in [7, 11) is 0. The van der Waals surface area contributed by atoms with Crippen molar-refractivity contribution in [2.24, 2.45) is 5.92 Å². The van der Waals surface area contributed by atoms with Gasteiger partial charge in [0, 0.05) is 12.6 Å². The van der Waals surface area contributed by atoms with E-state index in [2.05, 4.69) is 5.32 Å². The lowest BCUT2D eigenvalue weighted by atomic mass is 10.1. The molecule has 0 aliphatic carbocycles. The number of aliphatic carboxylic acids is 1. The molecule has 9 heteroatoms. The average molecular weight is 358 g/mol. The molecule has 1 aliphatic rings. The van der Waals surface area contributed by atoms with Crippen molar-refractivity contribution in [3.05, 3.63) is 33.9 Å². The fourth-order valence-electron chi connectivity index (χ4n) is 2.70. The van der Waals surface area contributed by atoms with Gasteiger partial charge in [-0.05, 0) is 32.9 Å². The maximum atomic E-state index is 12.3. The van der Waals surface area contributed by atoms with Crippen molar-refractivity contribution in [2.45, 2.75) is 26.3 Å². The third-order valence-corrected chi connectivity index (χ3v) is 4.26. The fraction of sp³-hybridized carbons (Fsp3) is 0.467. The lowest BCUT2D eigenvalue weighted by Gasteiger charge is -2.23. The van der Waals surface area contributed by atoms with E-state index < -0.39 is 22.9 Å². The summed E-state index contributed by atoms with van der Waals surface area (Å²) < 4.78 is 0. The molecule has 0 bridgehead atoms. The Morgan fingerprint density at radius 1 is 1.46 bits per heavy atom. The highest BCUT2D eigenvalue weighted by atomic mass is 35.5. The summed E-state index contributed by atoms with van der Waals surface area (Å²) in [5.74, 6) is -1.61. The Morgan fingerprint density at radius 2 is 2.12 bits per heavy atom. The number of carbonyl (C=O) groups is 2. The second kappa shape index (κ2) is 8.07. The molecule has 0 aromatic heterocycles. The van der Waals surface area contributed by atoms with Crippen LogP contribution in [0.25, 0.3) is 0 Å². The molecule has 132 valence electrons. The predicted molar refractivity (Wildman–Crippen MR) is 90.5 cm³/mol. The van der Waals surface area contributed by atoms with Gasteiger partial charge >= 0.3 is 5.97 Å². The number of carbonyl (C=O) groups excluding carboxylic acids is 1. The molecule has 1 aromatic carbocycles. The minimum Gasteiger partial charge on any atom is -0.481 e. The van der Waals surface area contributed by atoms with Gasteiger partial charge in [0.1, 0.15) is 0 Å². The summed E-state index contributed by atoms with van der Waals surface area (Å²) in [6, 6.07) is 4.00. The van der Waals surface area contributed by atoms with Crippen LogP contribution in [0.5, 0.6) is 0 Å². The highest BCUT2D eigenvalue weighted by Crippen LogP contribution is 2.26. The Labute approximate surface area is 145 Å². The van der Waals surface area contributed by atoms with E-state index in [1.807, 2.05) is 0 Å². The number of halogens is 1. The number of amides is 1. The van der Waals surface area contributed by atoms with Crippen LogP contribution in [-0.2, 0) is 9.59 Å². The highest BCUT2D eigenvalue weighted by molar-refractivity contribution is 5.95. The molecule has 1 aliphatic heterocycles. The van der Waals surface area contributed by atoms with Gasteiger partial charge in [-0.15, -0.1) is 12.4 Å². The first-order chi connectivity index (χ1) is 10.8. The number of benzene rings is 1. The molecule has 24 heavy (non-hydrogen) atoms. The third-order valence-electron chi connectivity index (χ3n) is 4.26. The molecule has 1 aromatic rings. The quantitative estimate of drug-likeness (QED) is 0.616. The molecule has 2 atom stereocenters. The Bertz CT molecular complexity index is 652. The van der Waals surface area contributed by atoms with Crippen LogP contribution < -0.4 is 5.32 Å². The Hall–Kier alpha value is -2.19. The number of anilines is 1. The number of hydrogen-bond acceptors (Lipinski definition) is 5. The van der Waals surface area contributed by atoms with Crippen LogP contribution >= 0.6 is 12.4 Å². The van der Waals surface area contributed by atoms with Crippen molar-refractivity contribution < 1.29 is 19.6 Å². The first kappa shape index (κ1) is 19.9. The fourth-order valence-corrected chi connectivity index (χ4v) is 2.70. The third kappa shape index (κ3) is 4.21. The van der Waals surface area contributed by atoms with E-state index in [0.717, 1.165) is 0 Å². The number of likely N-dealkylation sites (tertiary alicyclic amines) is 1. The molecule has 0 spiro atoms. The normalized spacial score (nSPS) is 18.5. The van der Waals surface area contributed by atoms with Crippen LogP contribution in [0.3, 0.4) is 0 Å². The largest absolute Gasteiger partial charge is 0.481 e. The van der Waals surface area contributed by atoms with Gasteiger partial charge in [-0.2, -0.15) is 0 Å². The second-order valence-electron chi connectivity index (χ2n) is 5.69.